The molecule has 2 rings (SSSR count). The predicted octanol–water partition coefficient (Wildman–Crippen LogP) is 1.95. The zero-order chi connectivity index (χ0) is 11.4. The van der Waals surface area contributed by atoms with Gasteiger partial charge in [-0.05, 0) is 17.5 Å². The SMILES string of the molecule is CCc1ccc(Cn2ccnc2CN)cc1. The normalized spacial score (nSPS) is 10.6. The number of imidazole rings is 1. The Kier molecular flexibility index (Phi) is 3.37. The van der Waals surface area contributed by atoms with Crippen molar-refractivity contribution in [1.82, 2.24) is 9.55 Å². The average Bonchev–Trinajstić information content (AvgIpc) is 2.77. The van der Waals surface area contributed by atoms with Crippen LogP contribution in [0.1, 0.15) is 23.9 Å². The Hall–Kier alpha value is -1.61. The maximum Gasteiger partial charge on any atom is 0.122 e. The third-order valence-electron chi connectivity index (χ3n) is 2.77. The van der Waals surface area contributed by atoms with Gasteiger partial charge in [0.2, 0.25) is 0 Å². The molecule has 0 saturated heterocycles. The number of aromatic nitrogens is 2. The van der Waals surface area contributed by atoms with E-state index in [2.05, 4.69) is 40.7 Å². The second-order valence-electron chi connectivity index (χ2n) is 3.85. The van der Waals surface area contributed by atoms with Crippen LogP contribution in [0, 0.1) is 0 Å². The van der Waals surface area contributed by atoms with Gasteiger partial charge in [-0.2, -0.15) is 0 Å². The second kappa shape index (κ2) is 4.94. The van der Waals surface area contributed by atoms with Gasteiger partial charge in [-0.25, -0.2) is 4.98 Å². The van der Waals surface area contributed by atoms with Crippen LogP contribution in [0.25, 0.3) is 0 Å². The molecular formula is C13H17N3. The third-order valence-corrected chi connectivity index (χ3v) is 2.77. The van der Waals surface area contributed by atoms with Crippen LogP contribution in [0.5, 0.6) is 0 Å². The molecule has 2 N–H and O–H groups in total. The highest BCUT2D eigenvalue weighted by atomic mass is 15.1. The molecule has 0 fully saturated rings. The van der Waals surface area contributed by atoms with Gasteiger partial charge >= 0.3 is 0 Å². The first-order valence-corrected chi connectivity index (χ1v) is 5.61. The van der Waals surface area contributed by atoms with Gasteiger partial charge in [0.25, 0.3) is 0 Å². The fourth-order valence-electron chi connectivity index (χ4n) is 1.75. The van der Waals surface area contributed by atoms with Gasteiger partial charge in [-0.1, -0.05) is 31.2 Å². The van der Waals surface area contributed by atoms with Gasteiger partial charge in [0.1, 0.15) is 5.82 Å². The average molecular weight is 215 g/mol. The van der Waals surface area contributed by atoms with Crippen molar-refractivity contribution in [2.75, 3.05) is 0 Å². The van der Waals surface area contributed by atoms with Crippen molar-refractivity contribution in [2.45, 2.75) is 26.4 Å². The van der Waals surface area contributed by atoms with Gasteiger partial charge in [-0.15, -0.1) is 0 Å². The van der Waals surface area contributed by atoms with Crippen molar-refractivity contribution in [3.63, 3.8) is 0 Å². The number of hydrogen-bond donors (Lipinski definition) is 1. The highest BCUT2D eigenvalue weighted by Gasteiger charge is 2.01. The molecule has 0 saturated carbocycles. The van der Waals surface area contributed by atoms with Gasteiger partial charge in [0.15, 0.2) is 0 Å². The summed E-state index contributed by atoms with van der Waals surface area (Å²) < 4.78 is 2.08. The van der Waals surface area contributed by atoms with Crippen molar-refractivity contribution in [3.05, 3.63) is 53.6 Å². The Labute approximate surface area is 95.9 Å². The molecule has 0 radical (unpaired) electrons. The molecule has 0 spiro atoms. The molecule has 1 aromatic carbocycles. The molecule has 3 heteroatoms. The summed E-state index contributed by atoms with van der Waals surface area (Å²) in [4.78, 5) is 4.20. The molecule has 0 aliphatic carbocycles. The lowest BCUT2D eigenvalue weighted by Gasteiger charge is -2.07. The topological polar surface area (TPSA) is 43.8 Å². The molecule has 0 atom stereocenters. The van der Waals surface area contributed by atoms with Crippen LogP contribution in [-0.2, 0) is 19.5 Å². The zero-order valence-corrected chi connectivity index (χ0v) is 9.56. The van der Waals surface area contributed by atoms with Crippen molar-refractivity contribution in [3.8, 4) is 0 Å². The maximum atomic E-state index is 5.61. The molecule has 0 aliphatic rings. The van der Waals surface area contributed by atoms with Crippen LogP contribution in [0.3, 0.4) is 0 Å². The molecule has 0 bridgehead atoms. The highest BCUT2D eigenvalue weighted by Crippen LogP contribution is 2.08. The predicted molar refractivity (Wildman–Crippen MR) is 65.0 cm³/mol. The van der Waals surface area contributed by atoms with Crippen molar-refractivity contribution < 1.29 is 0 Å². The van der Waals surface area contributed by atoms with Crippen molar-refractivity contribution in [2.24, 2.45) is 5.73 Å². The Morgan fingerprint density at radius 1 is 1.19 bits per heavy atom. The summed E-state index contributed by atoms with van der Waals surface area (Å²) in [7, 11) is 0. The van der Waals surface area contributed by atoms with Crippen LogP contribution in [0.4, 0.5) is 0 Å². The first kappa shape index (κ1) is 10.9. The van der Waals surface area contributed by atoms with E-state index in [9.17, 15) is 0 Å². The first-order chi connectivity index (χ1) is 7.83. The van der Waals surface area contributed by atoms with Gasteiger partial charge in [0, 0.05) is 18.9 Å². The van der Waals surface area contributed by atoms with Crippen LogP contribution >= 0.6 is 0 Å². The Morgan fingerprint density at radius 2 is 1.88 bits per heavy atom. The number of hydrogen-bond acceptors (Lipinski definition) is 2. The summed E-state index contributed by atoms with van der Waals surface area (Å²) in [5.41, 5.74) is 8.26. The summed E-state index contributed by atoms with van der Waals surface area (Å²) in [5.74, 6) is 0.930. The number of benzene rings is 1. The number of nitrogens with two attached hydrogens (primary N) is 1. The molecule has 16 heavy (non-hydrogen) atoms. The van der Waals surface area contributed by atoms with Gasteiger partial charge in [-0.3, -0.25) is 0 Å². The maximum absolute atomic E-state index is 5.61. The first-order valence-electron chi connectivity index (χ1n) is 5.61. The lowest BCUT2D eigenvalue weighted by atomic mass is 10.1. The number of nitrogens with zero attached hydrogens (tertiary/aromatic N) is 2. The van der Waals surface area contributed by atoms with Crippen LogP contribution in [0.15, 0.2) is 36.7 Å². The minimum atomic E-state index is 0.486. The third kappa shape index (κ3) is 2.31. The fraction of sp³-hybridized carbons (Fsp3) is 0.308. The fourth-order valence-corrected chi connectivity index (χ4v) is 1.75. The lowest BCUT2D eigenvalue weighted by molar-refractivity contribution is 0.724. The van der Waals surface area contributed by atoms with E-state index in [1.807, 2.05) is 6.20 Å². The van der Waals surface area contributed by atoms with E-state index in [0.717, 1.165) is 18.8 Å². The van der Waals surface area contributed by atoms with Gasteiger partial charge in [0.05, 0.1) is 6.54 Å². The summed E-state index contributed by atoms with van der Waals surface area (Å²) in [6, 6.07) is 8.68. The summed E-state index contributed by atoms with van der Waals surface area (Å²) in [6.07, 6.45) is 4.85. The Balaban J connectivity index is 2.14. The van der Waals surface area contributed by atoms with E-state index in [0.29, 0.717) is 6.54 Å². The van der Waals surface area contributed by atoms with E-state index in [-0.39, 0.29) is 0 Å². The molecule has 1 aromatic heterocycles. The molecule has 0 aliphatic heterocycles. The van der Waals surface area contributed by atoms with Crippen LogP contribution in [0.2, 0.25) is 0 Å². The van der Waals surface area contributed by atoms with Crippen LogP contribution < -0.4 is 5.73 Å². The Morgan fingerprint density at radius 3 is 2.50 bits per heavy atom. The molecule has 1 heterocycles. The van der Waals surface area contributed by atoms with E-state index in [1.165, 1.54) is 11.1 Å². The summed E-state index contributed by atoms with van der Waals surface area (Å²) in [5, 5.41) is 0. The van der Waals surface area contributed by atoms with E-state index < -0.39 is 0 Å². The summed E-state index contributed by atoms with van der Waals surface area (Å²) >= 11 is 0. The molecule has 84 valence electrons. The largest absolute Gasteiger partial charge is 0.329 e. The van der Waals surface area contributed by atoms with Gasteiger partial charge < -0.3 is 10.3 Å². The number of rotatable bonds is 4. The minimum absolute atomic E-state index is 0.486. The van der Waals surface area contributed by atoms with E-state index >= 15 is 0 Å². The Bertz CT molecular complexity index is 442. The monoisotopic (exact) mass is 215 g/mol. The standard InChI is InChI=1S/C13H17N3/c1-2-11-3-5-12(6-4-11)10-16-8-7-15-13(16)9-14/h3-8H,2,9-10,14H2,1H3. The van der Waals surface area contributed by atoms with Crippen molar-refractivity contribution in [1.29, 1.82) is 0 Å². The number of aryl methyl sites for hydroxylation is 1. The molecule has 0 unspecified atom stereocenters. The molecule has 0 amide bonds. The zero-order valence-electron chi connectivity index (χ0n) is 9.56. The quantitative estimate of drug-likeness (QED) is 0.847. The van der Waals surface area contributed by atoms with Crippen LogP contribution in [-0.4, -0.2) is 9.55 Å². The van der Waals surface area contributed by atoms with E-state index in [1.54, 1.807) is 6.20 Å². The minimum Gasteiger partial charge on any atom is -0.329 e. The second-order valence-corrected chi connectivity index (χ2v) is 3.85. The molecular weight excluding hydrogens is 198 g/mol. The smallest absolute Gasteiger partial charge is 0.122 e. The molecule has 3 nitrogen and oxygen atoms in total. The lowest BCUT2D eigenvalue weighted by Crippen LogP contribution is -2.08. The highest BCUT2D eigenvalue weighted by molar-refractivity contribution is 5.23. The molecule has 2 aromatic rings. The summed E-state index contributed by atoms with van der Waals surface area (Å²) in [6.45, 7) is 3.49. The van der Waals surface area contributed by atoms with E-state index in [4.69, 9.17) is 5.73 Å². The van der Waals surface area contributed by atoms with Crippen molar-refractivity contribution >= 4 is 0 Å².